The maximum absolute atomic E-state index is 12.7. The summed E-state index contributed by atoms with van der Waals surface area (Å²) in [4.78, 5) is 17.1. The Morgan fingerprint density at radius 1 is 1.24 bits per heavy atom. The number of ether oxygens (including phenoxy) is 1. The molecule has 0 bridgehead atoms. The highest BCUT2D eigenvalue weighted by Crippen LogP contribution is 2.21. The van der Waals surface area contributed by atoms with Gasteiger partial charge in [0.15, 0.2) is 0 Å². The predicted molar refractivity (Wildman–Crippen MR) is 100 cm³/mol. The van der Waals surface area contributed by atoms with E-state index in [4.69, 9.17) is 4.74 Å². The lowest BCUT2D eigenvalue weighted by molar-refractivity contribution is 0.0387. The van der Waals surface area contributed by atoms with E-state index in [1.807, 2.05) is 24.4 Å². The number of nitrogens with zero attached hydrogens (tertiary/aromatic N) is 3. The summed E-state index contributed by atoms with van der Waals surface area (Å²) in [5, 5.41) is 4.21. The van der Waals surface area contributed by atoms with Gasteiger partial charge in [-0.25, -0.2) is 4.79 Å². The molecule has 1 amide bonds. The number of hydrogen-bond acceptors (Lipinski definition) is 4. The highest BCUT2D eigenvalue weighted by molar-refractivity contribution is 5.93. The van der Waals surface area contributed by atoms with Crippen LogP contribution in [0.5, 0.6) is 0 Å². The van der Waals surface area contributed by atoms with Gasteiger partial charge < -0.3 is 15.0 Å². The molecule has 1 aliphatic rings. The average molecular weight is 344 g/mol. The first kappa shape index (κ1) is 17.9. The molecule has 25 heavy (non-hydrogen) atoms. The highest BCUT2D eigenvalue weighted by Gasteiger charge is 2.14. The van der Waals surface area contributed by atoms with Crippen molar-refractivity contribution in [3.8, 4) is 0 Å². The summed E-state index contributed by atoms with van der Waals surface area (Å²) in [5.74, 6) is 0. The first-order valence-corrected chi connectivity index (χ1v) is 8.97. The summed E-state index contributed by atoms with van der Waals surface area (Å²) in [6, 6.07) is 8.06. The summed E-state index contributed by atoms with van der Waals surface area (Å²) in [5.41, 5.74) is 2.19. The Bertz CT molecular complexity index is 705. The Balaban J connectivity index is 1.65. The molecule has 0 atom stereocenters. The number of carbonyl (C=O) groups excluding carboxylic acids is 1. The fourth-order valence-corrected chi connectivity index (χ4v) is 3.19. The van der Waals surface area contributed by atoms with Crippen LogP contribution in [-0.2, 0) is 11.2 Å². The lowest BCUT2D eigenvalue weighted by Gasteiger charge is -2.26. The van der Waals surface area contributed by atoms with Crippen molar-refractivity contribution in [3.05, 3.63) is 36.0 Å². The number of hydrogen-bond donors (Lipinski definition) is 1. The number of para-hydroxylation sites is 1. The van der Waals surface area contributed by atoms with Crippen molar-refractivity contribution in [1.29, 1.82) is 0 Å². The van der Waals surface area contributed by atoms with Gasteiger partial charge in [0, 0.05) is 44.3 Å². The number of nitrogens with one attached hydrogen (secondary N) is 1. The zero-order valence-corrected chi connectivity index (χ0v) is 15.2. The van der Waals surface area contributed by atoms with E-state index in [2.05, 4.69) is 35.3 Å². The van der Waals surface area contributed by atoms with Crippen molar-refractivity contribution in [2.24, 2.45) is 0 Å². The van der Waals surface area contributed by atoms with Crippen LogP contribution in [0.25, 0.3) is 10.9 Å². The van der Waals surface area contributed by atoms with Gasteiger partial charge in [-0.15, -0.1) is 0 Å². The molecule has 0 saturated carbocycles. The van der Waals surface area contributed by atoms with Crippen molar-refractivity contribution < 1.29 is 9.53 Å². The number of amides is 1. The Kier molecular flexibility index (Phi) is 6.07. The Hall–Kier alpha value is -1.89. The minimum absolute atomic E-state index is 0.0550. The van der Waals surface area contributed by atoms with Gasteiger partial charge in [-0.3, -0.25) is 9.47 Å². The molecule has 2 heterocycles. The van der Waals surface area contributed by atoms with E-state index < -0.39 is 0 Å². The number of likely N-dealkylation sites (N-methyl/N-ethyl adjacent to an activating group) is 1. The smallest absolute Gasteiger partial charge is 0.326 e. The van der Waals surface area contributed by atoms with Crippen LogP contribution in [-0.4, -0.2) is 80.4 Å². The number of rotatable bonds is 6. The summed E-state index contributed by atoms with van der Waals surface area (Å²) in [6.07, 6.45) is 2.92. The van der Waals surface area contributed by atoms with Gasteiger partial charge in [0.1, 0.15) is 0 Å². The molecule has 1 fully saturated rings. The highest BCUT2D eigenvalue weighted by atomic mass is 16.5. The first-order chi connectivity index (χ1) is 12.1. The molecule has 2 aromatic rings. The third kappa shape index (κ3) is 4.60. The molecule has 0 radical (unpaired) electrons. The lowest BCUT2D eigenvalue weighted by Crippen LogP contribution is -2.42. The molecule has 1 saturated heterocycles. The second-order valence-electron chi connectivity index (χ2n) is 6.78. The van der Waals surface area contributed by atoms with Gasteiger partial charge in [-0.2, -0.15) is 0 Å². The number of carbonyl (C=O) groups is 1. The van der Waals surface area contributed by atoms with E-state index in [0.717, 1.165) is 56.7 Å². The molecule has 0 aliphatic carbocycles. The van der Waals surface area contributed by atoms with Crippen molar-refractivity contribution >= 4 is 16.9 Å². The first-order valence-electron chi connectivity index (χ1n) is 8.97. The van der Waals surface area contributed by atoms with Gasteiger partial charge >= 0.3 is 6.03 Å². The van der Waals surface area contributed by atoms with Crippen LogP contribution in [0.4, 0.5) is 4.79 Å². The molecule has 3 rings (SSSR count). The maximum Gasteiger partial charge on any atom is 0.326 e. The Morgan fingerprint density at radius 2 is 2.00 bits per heavy atom. The van der Waals surface area contributed by atoms with Crippen LogP contribution in [0, 0.1) is 0 Å². The van der Waals surface area contributed by atoms with Crippen LogP contribution in [0.3, 0.4) is 0 Å². The SMILES string of the molecule is CN(C)CCc1cn(C(=O)NCCN2CCOCC2)c2ccccc12. The number of benzene rings is 1. The fraction of sp³-hybridized carbons (Fsp3) is 0.526. The minimum atomic E-state index is -0.0550. The molecule has 1 aromatic carbocycles. The summed E-state index contributed by atoms with van der Waals surface area (Å²) < 4.78 is 7.10. The normalized spacial score (nSPS) is 15.8. The quantitative estimate of drug-likeness (QED) is 0.865. The number of morpholine rings is 1. The van der Waals surface area contributed by atoms with Crippen molar-refractivity contribution in [2.45, 2.75) is 6.42 Å². The second-order valence-corrected chi connectivity index (χ2v) is 6.78. The number of fused-ring (bicyclic) bond motifs is 1. The summed E-state index contributed by atoms with van der Waals surface area (Å²) in [6.45, 7) is 5.93. The van der Waals surface area contributed by atoms with Crippen molar-refractivity contribution in [3.63, 3.8) is 0 Å². The molecule has 6 nitrogen and oxygen atoms in total. The van der Waals surface area contributed by atoms with Crippen LogP contribution in [0.15, 0.2) is 30.5 Å². The Morgan fingerprint density at radius 3 is 2.76 bits per heavy atom. The molecular weight excluding hydrogens is 316 g/mol. The Labute approximate surface area is 149 Å². The standard InChI is InChI=1S/C19H28N4O2/c1-21(2)9-7-16-15-23(18-6-4-3-5-17(16)18)19(24)20-8-10-22-11-13-25-14-12-22/h3-6,15H,7-14H2,1-2H3,(H,20,24). The minimum Gasteiger partial charge on any atom is -0.379 e. The van der Waals surface area contributed by atoms with Gasteiger partial charge in [-0.1, -0.05) is 18.2 Å². The lowest BCUT2D eigenvalue weighted by atomic mass is 10.1. The van der Waals surface area contributed by atoms with E-state index in [-0.39, 0.29) is 6.03 Å². The topological polar surface area (TPSA) is 49.7 Å². The number of aromatic nitrogens is 1. The van der Waals surface area contributed by atoms with Gasteiger partial charge in [0.2, 0.25) is 0 Å². The van der Waals surface area contributed by atoms with Crippen LogP contribution < -0.4 is 5.32 Å². The van der Waals surface area contributed by atoms with Gasteiger partial charge in [0.25, 0.3) is 0 Å². The third-order valence-electron chi connectivity index (χ3n) is 4.65. The van der Waals surface area contributed by atoms with E-state index in [1.165, 1.54) is 5.56 Å². The molecule has 1 N–H and O–H groups in total. The van der Waals surface area contributed by atoms with E-state index in [0.29, 0.717) is 6.54 Å². The van der Waals surface area contributed by atoms with Gasteiger partial charge in [-0.05, 0) is 32.1 Å². The zero-order valence-electron chi connectivity index (χ0n) is 15.2. The third-order valence-corrected chi connectivity index (χ3v) is 4.65. The zero-order chi connectivity index (χ0) is 17.6. The molecule has 0 spiro atoms. The monoisotopic (exact) mass is 344 g/mol. The molecular formula is C19H28N4O2. The molecule has 136 valence electrons. The van der Waals surface area contributed by atoms with Crippen molar-refractivity contribution in [2.75, 3.05) is 60.0 Å². The van der Waals surface area contributed by atoms with E-state index in [1.54, 1.807) is 4.57 Å². The van der Waals surface area contributed by atoms with E-state index in [9.17, 15) is 4.79 Å². The fourth-order valence-electron chi connectivity index (χ4n) is 3.19. The predicted octanol–water partition coefficient (Wildman–Crippen LogP) is 1.64. The molecule has 0 unspecified atom stereocenters. The average Bonchev–Trinajstić information content (AvgIpc) is 3.00. The maximum atomic E-state index is 12.7. The van der Waals surface area contributed by atoms with Crippen LogP contribution in [0.1, 0.15) is 5.56 Å². The van der Waals surface area contributed by atoms with Crippen LogP contribution in [0.2, 0.25) is 0 Å². The summed E-state index contributed by atoms with van der Waals surface area (Å²) in [7, 11) is 4.13. The molecule has 1 aromatic heterocycles. The van der Waals surface area contributed by atoms with Crippen molar-refractivity contribution in [1.82, 2.24) is 19.7 Å². The van der Waals surface area contributed by atoms with E-state index >= 15 is 0 Å². The van der Waals surface area contributed by atoms with Crippen LogP contribution >= 0.6 is 0 Å². The second kappa shape index (κ2) is 8.47. The molecule has 1 aliphatic heterocycles. The van der Waals surface area contributed by atoms with Gasteiger partial charge in [0.05, 0.1) is 18.7 Å². The summed E-state index contributed by atoms with van der Waals surface area (Å²) >= 11 is 0. The molecule has 6 heteroatoms. The largest absolute Gasteiger partial charge is 0.379 e.